The van der Waals surface area contributed by atoms with Crippen molar-refractivity contribution in [2.45, 2.75) is 32.2 Å². The predicted molar refractivity (Wildman–Crippen MR) is 82.7 cm³/mol. The lowest BCUT2D eigenvalue weighted by molar-refractivity contribution is -0.137. The van der Waals surface area contributed by atoms with E-state index in [2.05, 4.69) is 4.98 Å². The molecular formula is C14H21ClN4O2. The van der Waals surface area contributed by atoms with Gasteiger partial charge in [-0.2, -0.15) is 0 Å². The predicted octanol–water partition coefficient (Wildman–Crippen LogP) is 0.740. The Bertz CT molecular complexity index is 506. The molecule has 1 aliphatic heterocycles. The second-order valence-corrected chi connectivity index (χ2v) is 5.33. The highest BCUT2D eigenvalue weighted by atomic mass is 35.5. The molecule has 0 spiro atoms. The molecule has 116 valence electrons. The van der Waals surface area contributed by atoms with Crippen LogP contribution in [0.2, 0.25) is 0 Å². The van der Waals surface area contributed by atoms with Crippen LogP contribution in [0.5, 0.6) is 0 Å². The summed E-state index contributed by atoms with van der Waals surface area (Å²) >= 11 is 0. The summed E-state index contributed by atoms with van der Waals surface area (Å²) in [6, 6.07) is 3.60. The largest absolute Gasteiger partial charge is 0.397 e. The smallest absolute Gasteiger partial charge is 0.228 e. The van der Waals surface area contributed by atoms with Gasteiger partial charge in [-0.25, -0.2) is 0 Å². The number of anilines is 1. The van der Waals surface area contributed by atoms with Crippen LogP contribution in [0, 0.1) is 5.92 Å². The third kappa shape index (κ3) is 4.32. The Morgan fingerprint density at radius 1 is 1.38 bits per heavy atom. The van der Waals surface area contributed by atoms with Crippen molar-refractivity contribution in [1.82, 2.24) is 9.88 Å². The van der Waals surface area contributed by atoms with E-state index in [0.717, 1.165) is 12.8 Å². The quantitative estimate of drug-likeness (QED) is 0.859. The minimum Gasteiger partial charge on any atom is -0.397 e. The number of aromatic nitrogens is 1. The highest BCUT2D eigenvalue weighted by molar-refractivity contribution is 5.85. The molecule has 1 saturated heterocycles. The molecule has 4 N–H and O–H groups in total. The molecule has 2 heterocycles. The zero-order valence-corrected chi connectivity index (χ0v) is 12.8. The molecule has 1 aromatic rings. The van der Waals surface area contributed by atoms with Crippen molar-refractivity contribution in [2.24, 2.45) is 11.7 Å². The number of hydrogen-bond donors (Lipinski definition) is 2. The molecule has 0 saturated carbocycles. The number of nitrogens with zero attached hydrogens (tertiary/aromatic N) is 2. The number of hydrogen-bond acceptors (Lipinski definition) is 4. The summed E-state index contributed by atoms with van der Waals surface area (Å²) in [4.78, 5) is 29.5. The standard InChI is InChI=1S/C14H20N4O2.ClH/c1-9-2-3-10(14(16)20)8-18(9)13(19)6-12-5-4-11(15)7-17-12;/h4-5,7,9-10H,2-3,6,8,15H2,1H3,(H2,16,20);1H. The number of carbonyl (C=O) groups excluding carboxylic acids is 2. The molecule has 2 rings (SSSR count). The van der Waals surface area contributed by atoms with E-state index >= 15 is 0 Å². The van der Waals surface area contributed by atoms with E-state index < -0.39 is 0 Å². The zero-order valence-electron chi connectivity index (χ0n) is 12.0. The number of rotatable bonds is 3. The van der Waals surface area contributed by atoms with Crippen molar-refractivity contribution in [3.63, 3.8) is 0 Å². The first-order valence-electron chi connectivity index (χ1n) is 6.76. The Balaban J connectivity index is 0.00000220. The lowest BCUT2D eigenvalue weighted by Gasteiger charge is -2.37. The highest BCUT2D eigenvalue weighted by Gasteiger charge is 2.31. The number of amides is 2. The normalized spacial score (nSPS) is 21.5. The fraction of sp³-hybridized carbons (Fsp3) is 0.500. The molecule has 0 aromatic carbocycles. The van der Waals surface area contributed by atoms with E-state index in [1.165, 1.54) is 6.20 Å². The van der Waals surface area contributed by atoms with Gasteiger partial charge in [0.25, 0.3) is 0 Å². The Morgan fingerprint density at radius 2 is 2.10 bits per heavy atom. The van der Waals surface area contributed by atoms with Crippen LogP contribution in [0.3, 0.4) is 0 Å². The zero-order chi connectivity index (χ0) is 14.7. The molecule has 21 heavy (non-hydrogen) atoms. The van der Waals surface area contributed by atoms with Crippen LogP contribution in [-0.2, 0) is 16.0 Å². The first-order chi connectivity index (χ1) is 9.47. The number of pyridine rings is 1. The van der Waals surface area contributed by atoms with Gasteiger partial charge in [-0.05, 0) is 31.9 Å². The Morgan fingerprint density at radius 3 is 2.67 bits per heavy atom. The third-order valence-electron chi connectivity index (χ3n) is 3.78. The summed E-state index contributed by atoms with van der Waals surface area (Å²) in [6.45, 7) is 2.40. The summed E-state index contributed by atoms with van der Waals surface area (Å²) in [6.07, 6.45) is 3.31. The van der Waals surface area contributed by atoms with Crippen molar-refractivity contribution >= 4 is 29.9 Å². The van der Waals surface area contributed by atoms with E-state index in [1.54, 1.807) is 17.0 Å². The average Bonchev–Trinajstić information content (AvgIpc) is 2.41. The molecule has 0 bridgehead atoms. The minimum atomic E-state index is -0.333. The van der Waals surface area contributed by atoms with Gasteiger partial charge in [-0.15, -0.1) is 12.4 Å². The SMILES string of the molecule is CC1CCC(C(N)=O)CN1C(=O)Cc1ccc(N)cn1.Cl. The summed E-state index contributed by atoms with van der Waals surface area (Å²) in [5, 5.41) is 0. The summed E-state index contributed by atoms with van der Waals surface area (Å²) in [7, 11) is 0. The van der Waals surface area contributed by atoms with Crippen LogP contribution in [0.15, 0.2) is 18.3 Å². The minimum absolute atomic E-state index is 0. The fourth-order valence-corrected chi connectivity index (χ4v) is 2.48. The van der Waals surface area contributed by atoms with E-state index in [1.807, 2.05) is 6.92 Å². The number of piperidine rings is 1. The van der Waals surface area contributed by atoms with Gasteiger partial charge in [-0.1, -0.05) is 0 Å². The van der Waals surface area contributed by atoms with Gasteiger partial charge in [0.1, 0.15) is 0 Å². The number of nitrogens with two attached hydrogens (primary N) is 2. The maximum atomic E-state index is 12.3. The van der Waals surface area contributed by atoms with Crippen molar-refractivity contribution in [3.8, 4) is 0 Å². The number of likely N-dealkylation sites (tertiary alicyclic amines) is 1. The topological polar surface area (TPSA) is 102 Å². The lowest BCUT2D eigenvalue weighted by atomic mass is 9.92. The van der Waals surface area contributed by atoms with Crippen molar-refractivity contribution in [3.05, 3.63) is 24.0 Å². The molecule has 7 heteroatoms. The Hall–Kier alpha value is -1.82. The lowest BCUT2D eigenvalue weighted by Crippen LogP contribution is -2.49. The molecule has 1 fully saturated rings. The number of carbonyl (C=O) groups is 2. The van der Waals surface area contributed by atoms with E-state index in [4.69, 9.17) is 11.5 Å². The van der Waals surface area contributed by atoms with Gasteiger partial charge >= 0.3 is 0 Å². The van der Waals surface area contributed by atoms with Gasteiger partial charge in [0.15, 0.2) is 0 Å². The van der Waals surface area contributed by atoms with Gasteiger partial charge in [-0.3, -0.25) is 14.6 Å². The number of primary amides is 1. The average molecular weight is 313 g/mol. The van der Waals surface area contributed by atoms with Crippen LogP contribution in [0.1, 0.15) is 25.5 Å². The second kappa shape index (κ2) is 7.26. The highest BCUT2D eigenvalue weighted by Crippen LogP contribution is 2.22. The van der Waals surface area contributed by atoms with Crippen molar-refractivity contribution in [1.29, 1.82) is 0 Å². The van der Waals surface area contributed by atoms with E-state index in [0.29, 0.717) is 17.9 Å². The molecule has 2 unspecified atom stereocenters. The molecule has 1 aliphatic rings. The van der Waals surface area contributed by atoms with Crippen molar-refractivity contribution in [2.75, 3.05) is 12.3 Å². The van der Waals surface area contributed by atoms with Gasteiger partial charge < -0.3 is 16.4 Å². The van der Waals surface area contributed by atoms with Crippen molar-refractivity contribution < 1.29 is 9.59 Å². The maximum Gasteiger partial charge on any atom is 0.228 e. The number of halogens is 1. The Kier molecular flexibility index (Phi) is 5.96. The molecule has 2 amide bonds. The van der Waals surface area contributed by atoms with Crippen LogP contribution in [-0.4, -0.2) is 34.3 Å². The summed E-state index contributed by atoms with van der Waals surface area (Å²) in [5.74, 6) is -0.601. The molecule has 0 radical (unpaired) electrons. The molecular weight excluding hydrogens is 292 g/mol. The third-order valence-corrected chi connectivity index (χ3v) is 3.78. The maximum absolute atomic E-state index is 12.3. The van der Waals surface area contributed by atoms with Crippen LogP contribution in [0.4, 0.5) is 5.69 Å². The van der Waals surface area contributed by atoms with Crippen LogP contribution in [0.25, 0.3) is 0 Å². The monoisotopic (exact) mass is 312 g/mol. The Labute approximate surface area is 130 Å². The second-order valence-electron chi connectivity index (χ2n) is 5.33. The molecule has 6 nitrogen and oxygen atoms in total. The number of nitrogen functional groups attached to an aromatic ring is 1. The summed E-state index contributed by atoms with van der Waals surface area (Å²) < 4.78 is 0. The first kappa shape index (κ1) is 17.2. The molecule has 2 atom stereocenters. The fourth-order valence-electron chi connectivity index (χ4n) is 2.48. The van der Waals surface area contributed by atoms with Gasteiger partial charge in [0.05, 0.1) is 24.2 Å². The van der Waals surface area contributed by atoms with E-state index in [-0.39, 0.29) is 42.6 Å². The van der Waals surface area contributed by atoms with Gasteiger partial charge in [0, 0.05) is 18.3 Å². The van der Waals surface area contributed by atoms with Gasteiger partial charge in [0.2, 0.25) is 11.8 Å². The molecule has 0 aliphatic carbocycles. The first-order valence-corrected chi connectivity index (χ1v) is 6.76. The summed E-state index contributed by atoms with van der Waals surface area (Å²) in [5.41, 5.74) is 12.2. The van der Waals surface area contributed by atoms with Crippen LogP contribution >= 0.6 is 12.4 Å². The molecule has 1 aromatic heterocycles. The van der Waals surface area contributed by atoms with Crippen LogP contribution < -0.4 is 11.5 Å². The van der Waals surface area contributed by atoms with E-state index in [9.17, 15) is 9.59 Å².